The molecule has 0 saturated carbocycles. The lowest BCUT2D eigenvalue weighted by Crippen LogP contribution is -2.17. The number of allylic oxidation sites excluding steroid dienone is 1. The molecule has 13 rings (SSSR count). The Morgan fingerprint density at radius 2 is 0.727 bits per heavy atom. The van der Waals surface area contributed by atoms with E-state index in [1.807, 2.05) is 0 Å². The van der Waals surface area contributed by atoms with Crippen LogP contribution in [-0.4, -0.2) is 0 Å². The highest BCUT2D eigenvalue weighted by Gasteiger charge is 2.43. The Morgan fingerprint density at radius 1 is 0.348 bits per heavy atom. The van der Waals surface area contributed by atoms with Crippen molar-refractivity contribution < 1.29 is 0 Å². The van der Waals surface area contributed by atoms with Crippen molar-refractivity contribution in [2.24, 2.45) is 0 Å². The van der Waals surface area contributed by atoms with Crippen molar-refractivity contribution >= 4 is 38.4 Å². The van der Waals surface area contributed by atoms with Gasteiger partial charge in [0.2, 0.25) is 0 Å². The summed E-state index contributed by atoms with van der Waals surface area (Å²) in [5.41, 5.74) is 27.1. The summed E-state index contributed by atoms with van der Waals surface area (Å²) < 4.78 is 0. The molecule has 10 aromatic rings. The Labute approximate surface area is 388 Å². The van der Waals surface area contributed by atoms with Crippen LogP contribution in [0.25, 0.3) is 105 Å². The average molecular weight is 845 g/mol. The van der Waals surface area contributed by atoms with Crippen molar-refractivity contribution in [1.82, 2.24) is 0 Å². The number of hydrogen-bond acceptors (Lipinski definition) is 0. The number of fused-ring (bicyclic) bond motifs is 10. The van der Waals surface area contributed by atoms with Crippen LogP contribution in [0, 0.1) is 13.8 Å². The minimum absolute atomic E-state index is 0.181. The zero-order valence-electron chi connectivity index (χ0n) is 38.7. The van der Waals surface area contributed by atoms with Crippen molar-refractivity contribution in [3.63, 3.8) is 0 Å². The lowest BCUT2D eigenvalue weighted by atomic mass is 9.77. The molecule has 3 aliphatic rings. The van der Waals surface area contributed by atoms with E-state index < -0.39 is 0 Å². The van der Waals surface area contributed by atoms with Gasteiger partial charge in [-0.15, -0.1) is 0 Å². The van der Waals surface area contributed by atoms with Crippen LogP contribution in [0.5, 0.6) is 0 Å². The summed E-state index contributed by atoms with van der Waals surface area (Å²) in [6.07, 6.45) is 6.87. The molecule has 66 heavy (non-hydrogen) atoms. The second-order valence-corrected chi connectivity index (χ2v) is 20.3. The topological polar surface area (TPSA) is 0 Å². The highest BCUT2D eigenvalue weighted by atomic mass is 14.5. The highest BCUT2D eigenvalue weighted by molar-refractivity contribution is 6.21. The zero-order chi connectivity index (χ0) is 44.6. The van der Waals surface area contributed by atoms with E-state index >= 15 is 0 Å². The first kappa shape index (κ1) is 39.1. The Bertz CT molecular complexity index is 3690. The van der Waals surface area contributed by atoms with E-state index in [9.17, 15) is 0 Å². The Morgan fingerprint density at radius 3 is 1.20 bits per heavy atom. The van der Waals surface area contributed by atoms with Gasteiger partial charge in [0, 0.05) is 10.8 Å². The lowest BCUT2D eigenvalue weighted by Gasteiger charge is -2.26. The molecule has 0 aromatic heterocycles. The van der Waals surface area contributed by atoms with Gasteiger partial charge in [0.1, 0.15) is 0 Å². The molecule has 0 atom stereocenters. The summed E-state index contributed by atoms with van der Waals surface area (Å²) in [4.78, 5) is 0. The second kappa shape index (κ2) is 14.1. The lowest BCUT2D eigenvalue weighted by molar-refractivity contribution is 0.652. The molecule has 0 heteroatoms. The number of benzene rings is 10. The van der Waals surface area contributed by atoms with Crippen LogP contribution in [0.4, 0.5) is 0 Å². The molecule has 0 spiro atoms. The third-order valence-corrected chi connectivity index (χ3v) is 15.9. The predicted molar refractivity (Wildman–Crippen MR) is 283 cm³/mol. The maximum atomic E-state index is 2.60. The molecular weight excluding hydrogens is 793 g/mol. The fraction of sp³-hybridized carbons (Fsp3) is 0.152. The molecular formula is C66H52. The van der Waals surface area contributed by atoms with Gasteiger partial charge in [-0.1, -0.05) is 185 Å². The quantitative estimate of drug-likeness (QED) is 0.155. The number of aryl methyl sites for hydroxylation is 2. The van der Waals surface area contributed by atoms with E-state index in [-0.39, 0.29) is 10.8 Å². The highest BCUT2D eigenvalue weighted by Crippen LogP contribution is 2.59. The predicted octanol–water partition coefficient (Wildman–Crippen LogP) is 18.0. The van der Waals surface area contributed by atoms with Crippen LogP contribution in [0.2, 0.25) is 0 Å². The van der Waals surface area contributed by atoms with E-state index in [1.54, 1.807) is 0 Å². The van der Waals surface area contributed by atoms with Gasteiger partial charge >= 0.3 is 0 Å². The molecule has 0 fully saturated rings. The SMILES string of the molecule is Cc1cc(-c2c3c(c(-c4ccccc4)c4ccccc24)C=CCC3)cc2c1-c1cc3c(cc1C2(C)C)-c1c(C)cc(-c2c4ccccc4c(-c4ccccc4)c4ccccc24)cc1C3(C)C. The van der Waals surface area contributed by atoms with E-state index in [0.717, 1.165) is 12.8 Å². The van der Waals surface area contributed by atoms with Gasteiger partial charge < -0.3 is 0 Å². The summed E-state index contributed by atoms with van der Waals surface area (Å²) in [5.74, 6) is 0. The number of hydrogen-bond donors (Lipinski definition) is 0. The molecule has 0 heterocycles. The molecule has 0 radical (unpaired) electrons. The van der Waals surface area contributed by atoms with Gasteiger partial charge in [-0.25, -0.2) is 0 Å². The Kier molecular flexibility index (Phi) is 8.36. The van der Waals surface area contributed by atoms with Crippen molar-refractivity contribution in [1.29, 1.82) is 0 Å². The molecule has 0 unspecified atom stereocenters. The van der Waals surface area contributed by atoms with Gasteiger partial charge in [-0.05, 0) is 195 Å². The van der Waals surface area contributed by atoms with Gasteiger partial charge in [-0.3, -0.25) is 0 Å². The molecule has 0 saturated heterocycles. The second-order valence-electron chi connectivity index (χ2n) is 20.3. The number of rotatable bonds is 4. The third kappa shape index (κ3) is 5.39. The van der Waals surface area contributed by atoms with E-state index in [4.69, 9.17) is 0 Å². The van der Waals surface area contributed by atoms with Gasteiger partial charge in [0.15, 0.2) is 0 Å². The van der Waals surface area contributed by atoms with Crippen LogP contribution in [0.3, 0.4) is 0 Å². The van der Waals surface area contributed by atoms with Crippen LogP contribution < -0.4 is 0 Å². The largest absolute Gasteiger partial charge is 0.0836 e. The summed E-state index contributed by atoms with van der Waals surface area (Å²) in [5, 5.41) is 7.86. The Hall–Kier alpha value is -7.28. The fourth-order valence-electron chi connectivity index (χ4n) is 12.9. The van der Waals surface area contributed by atoms with Crippen molar-refractivity contribution in [3.05, 3.63) is 220 Å². The molecule has 0 amide bonds. The standard InChI is InChI=1S/C66H52/c1-39-33-43(63-49-29-17-13-25-45(49)61(41-21-9-7-10-22-41)46-26-14-18-30-50(46)63)35-57-59(39)53-37-56-54(38-55(53)65(57,3)4)60-40(2)34-44(36-58(60)66(56,5)6)64-51-31-19-15-27-47(51)62(42-23-11-8-12-24-42)48-28-16-20-32-52(48)64/h7-19,21-31,33-38H,20,32H2,1-6H3. The molecule has 3 aliphatic carbocycles. The average Bonchev–Trinajstić information content (AvgIpc) is 3.71. The van der Waals surface area contributed by atoms with E-state index in [2.05, 4.69) is 224 Å². The normalized spacial score (nSPS) is 14.9. The van der Waals surface area contributed by atoms with Gasteiger partial charge in [-0.2, -0.15) is 0 Å². The molecule has 10 aromatic carbocycles. The monoisotopic (exact) mass is 844 g/mol. The summed E-state index contributed by atoms with van der Waals surface area (Å²) in [6.45, 7) is 14.6. The third-order valence-electron chi connectivity index (χ3n) is 15.9. The van der Waals surface area contributed by atoms with Crippen molar-refractivity contribution in [2.45, 2.75) is 65.2 Å². The first-order valence-electron chi connectivity index (χ1n) is 23.9. The first-order chi connectivity index (χ1) is 32.1. The van der Waals surface area contributed by atoms with Gasteiger partial charge in [0.05, 0.1) is 0 Å². The van der Waals surface area contributed by atoms with Crippen LogP contribution in [0.15, 0.2) is 176 Å². The smallest absolute Gasteiger partial charge is 0.0159 e. The minimum Gasteiger partial charge on any atom is -0.0836 e. The summed E-state index contributed by atoms with van der Waals surface area (Å²) in [7, 11) is 0. The molecule has 0 nitrogen and oxygen atoms in total. The van der Waals surface area contributed by atoms with Crippen LogP contribution in [0.1, 0.15) is 78.6 Å². The minimum atomic E-state index is -0.192. The fourth-order valence-corrected chi connectivity index (χ4v) is 12.9. The summed E-state index contributed by atoms with van der Waals surface area (Å²) >= 11 is 0. The molecule has 0 aliphatic heterocycles. The Balaban J connectivity index is 0.974. The van der Waals surface area contributed by atoms with Gasteiger partial charge in [0.25, 0.3) is 0 Å². The van der Waals surface area contributed by atoms with Crippen LogP contribution >= 0.6 is 0 Å². The van der Waals surface area contributed by atoms with E-state index in [1.165, 1.54) is 144 Å². The zero-order valence-corrected chi connectivity index (χ0v) is 38.7. The van der Waals surface area contributed by atoms with Crippen molar-refractivity contribution in [3.8, 4) is 66.8 Å². The maximum Gasteiger partial charge on any atom is 0.0159 e. The van der Waals surface area contributed by atoms with Crippen LogP contribution in [-0.2, 0) is 17.3 Å². The maximum absolute atomic E-state index is 2.60. The first-order valence-corrected chi connectivity index (χ1v) is 23.9. The molecule has 316 valence electrons. The van der Waals surface area contributed by atoms with Crippen molar-refractivity contribution in [2.75, 3.05) is 0 Å². The summed E-state index contributed by atoms with van der Waals surface area (Å²) in [6, 6.07) is 64.4. The molecule has 0 N–H and O–H groups in total. The molecule has 0 bridgehead atoms. The van der Waals surface area contributed by atoms with E-state index in [0.29, 0.717) is 0 Å².